The Bertz CT molecular complexity index is 1110. The van der Waals surface area contributed by atoms with Crippen LogP contribution < -0.4 is 4.74 Å². The van der Waals surface area contributed by atoms with Crippen molar-refractivity contribution in [3.05, 3.63) is 65.0 Å². The molecule has 1 aromatic carbocycles. The summed E-state index contributed by atoms with van der Waals surface area (Å²) >= 11 is 0. The predicted molar refractivity (Wildman–Crippen MR) is 105 cm³/mol. The molecular weight excluding hydrogens is 412 g/mol. The first-order valence-corrected chi connectivity index (χ1v) is 10.6. The Morgan fingerprint density at radius 2 is 1.80 bits per heavy atom. The van der Waals surface area contributed by atoms with Gasteiger partial charge in [0.05, 0.1) is 9.82 Å². The van der Waals surface area contributed by atoms with Crippen LogP contribution in [0.1, 0.15) is 12.8 Å². The molecule has 0 spiro atoms. The number of benzene rings is 1. The van der Waals surface area contributed by atoms with E-state index >= 15 is 0 Å². The number of non-ortho nitro benzene ring substituents is 1. The summed E-state index contributed by atoms with van der Waals surface area (Å²) in [6, 6.07) is 10.1. The predicted octanol–water partition coefficient (Wildman–Crippen LogP) is 1.80. The molecule has 1 aliphatic heterocycles. The minimum Gasteiger partial charge on any atom is -0.473 e. The summed E-state index contributed by atoms with van der Waals surface area (Å²) in [6.07, 6.45) is 4.21. The fourth-order valence-electron chi connectivity index (χ4n) is 3.15. The third-order valence-electron chi connectivity index (χ3n) is 4.74. The van der Waals surface area contributed by atoms with Gasteiger partial charge in [-0.1, -0.05) is 0 Å². The number of nitro benzene ring substituents is 1. The second kappa shape index (κ2) is 8.16. The summed E-state index contributed by atoms with van der Waals surface area (Å²) in [5.74, 6) is 0.930. The van der Waals surface area contributed by atoms with Crippen LogP contribution >= 0.6 is 0 Å². The van der Waals surface area contributed by atoms with Crippen LogP contribution in [-0.4, -0.2) is 56.8 Å². The van der Waals surface area contributed by atoms with E-state index < -0.39 is 14.9 Å². The first-order valence-electron chi connectivity index (χ1n) is 9.18. The molecule has 1 saturated heterocycles. The molecule has 1 aliphatic rings. The normalized spacial score (nSPS) is 15.7. The molecule has 2 aromatic heterocycles. The summed E-state index contributed by atoms with van der Waals surface area (Å²) in [4.78, 5) is 10.2. The Balaban J connectivity index is 1.35. The van der Waals surface area contributed by atoms with Gasteiger partial charge >= 0.3 is 0 Å². The number of hydrogen-bond acceptors (Lipinski definition) is 8. The van der Waals surface area contributed by atoms with Crippen LogP contribution in [0.5, 0.6) is 5.88 Å². The zero-order chi connectivity index (χ0) is 21.1. The minimum absolute atomic E-state index is 0.0348. The number of hydrogen-bond donors (Lipinski definition) is 0. The van der Waals surface area contributed by atoms with Gasteiger partial charge < -0.3 is 4.74 Å². The molecule has 0 bridgehead atoms. The molecule has 30 heavy (non-hydrogen) atoms. The number of piperidine rings is 1. The molecule has 156 valence electrons. The number of nitro groups is 1. The van der Waals surface area contributed by atoms with Crippen molar-refractivity contribution in [3.63, 3.8) is 0 Å². The highest BCUT2D eigenvalue weighted by molar-refractivity contribution is 7.89. The maximum absolute atomic E-state index is 12.8. The zero-order valence-electron chi connectivity index (χ0n) is 15.7. The highest BCUT2D eigenvalue weighted by Crippen LogP contribution is 2.24. The molecule has 0 radical (unpaired) electrons. The van der Waals surface area contributed by atoms with E-state index in [0.717, 1.165) is 0 Å². The Labute approximate surface area is 172 Å². The molecule has 0 N–H and O–H groups in total. The van der Waals surface area contributed by atoms with Crippen molar-refractivity contribution in [2.45, 2.75) is 23.8 Å². The average molecular weight is 430 g/mol. The Kier molecular flexibility index (Phi) is 5.42. The van der Waals surface area contributed by atoms with Crippen molar-refractivity contribution in [3.8, 4) is 11.7 Å². The summed E-state index contributed by atoms with van der Waals surface area (Å²) < 4.78 is 34.3. The summed E-state index contributed by atoms with van der Waals surface area (Å²) in [6.45, 7) is 0.561. The molecule has 3 aromatic rings. The second-order valence-corrected chi connectivity index (χ2v) is 8.59. The lowest BCUT2D eigenvalue weighted by atomic mass is 10.1. The first kappa shape index (κ1) is 19.9. The lowest BCUT2D eigenvalue weighted by Gasteiger charge is -2.31. The van der Waals surface area contributed by atoms with E-state index in [1.807, 2.05) is 0 Å². The summed E-state index contributed by atoms with van der Waals surface area (Å²) in [5.41, 5.74) is -0.152. The van der Waals surface area contributed by atoms with E-state index in [1.165, 1.54) is 28.6 Å². The summed E-state index contributed by atoms with van der Waals surface area (Å²) in [7, 11) is -3.71. The van der Waals surface area contributed by atoms with Gasteiger partial charge in [0.15, 0.2) is 5.82 Å². The number of nitrogens with zero attached hydrogens (tertiary/aromatic N) is 6. The quantitative estimate of drug-likeness (QED) is 0.427. The fraction of sp³-hybridized carbons (Fsp3) is 0.278. The van der Waals surface area contributed by atoms with Gasteiger partial charge in [0, 0.05) is 43.7 Å². The largest absolute Gasteiger partial charge is 0.473 e. The standard InChI is InChI=1S/C18H18N6O5S/c25-24(26)14-2-4-16(5-3-14)30(27,28)22-12-8-15(9-13-22)29-18-7-6-17(20-21-18)23-11-1-10-19-23/h1-7,10-11,15H,8-9,12-13H2. The van der Waals surface area contributed by atoms with Gasteiger partial charge in [-0.2, -0.15) is 9.40 Å². The number of ether oxygens (including phenoxy) is 1. The first-order chi connectivity index (χ1) is 14.4. The molecule has 12 heteroatoms. The maximum atomic E-state index is 12.8. The van der Waals surface area contributed by atoms with E-state index in [4.69, 9.17) is 4.74 Å². The molecule has 1 fully saturated rings. The van der Waals surface area contributed by atoms with Gasteiger partial charge in [0.2, 0.25) is 15.9 Å². The molecular formula is C18H18N6O5S. The smallest absolute Gasteiger partial charge is 0.269 e. The van der Waals surface area contributed by atoms with Crippen molar-refractivity contribution in [1.82, 2.24) is 24.3 Å². The highest BCUT2D eigenvalue weighted by atomic mass is 32.2. The monoisotopic (exact) mass is 430 g/mol. The zero-order valence-corrected chi connectivity index (χ0v) is 16.6. The van der Waals surface area contributed by atoms with Crippen LogP contribution in [0, 0.1) is 10.1 Å². The lowest BCUT2D eigenvalue weighted by molar-refractivity contribution is -0.384. The van der Waals surface area contributed by atoms with Gasteiger partial charge in [-0.05, 0) is 37.1 Å². The Hall–Kier alpha value is -3.38. The van der Waals surface area contributed by atoms with Crippen LogP contribution in [0.2, 0.25) is 0 Å². The molecule has 3 heterocycles. The van der Waals surface area contributed by atoms with E-state index in [0.29, 0.717) is 24.5 Å². The van der Waals surface area contributed by atoms with Crippen LogP contribution in [0.25, 0.3) is 5.82 Å². The van der Waals surface area contributed by atoms with Crippen molar-refractivity contribution in [2.75, 3.05) is 13.1 Å². The van der Waals surface area contributed by atoms with Gasteiger partial charge in [0.25, 0.3) is 5.69 Å². The van der Waals surface area contributed by atoms with E-state index in [2.05, 4.69) is 15.3 Å². The van der Waals surface area contributed by atoms with Gasteiger partial charge in [-0.3, -0.25) is 10.1 Å². The van der Waals surface area contributed by atoms with E-state index in [-0.39, 0.29) is 29.8 Å². The van der Waals surface area contributed by atoms with Crippen LogP contribution in [0.3, 0.4) is 0 Å². The SMILES string of the molecule is O=[N+]([O-])c1ccc(S(=O)(=O)N2CCC(Oc3ccc(-n4cccn4)nn3)CC2)cc1. The molecule has 0 amide bonds. The van der Waals surface area contributed by atoms with Crippen LogP contribution in [-0.2, 0) is 10.0 Å². The Morgan fingerprint density at radius 3 is 2.37 bits per heavy atom. The lowest BCUT2D eigenvalue weighted by Crippen LogP contribution is -2.41. The van der Waals surface area contributed by atoms with Crippen molar-refractivity contribution in [2.24, 2.45) is 0 Å². The van der Waals surface area contributed by atoms with Crippen molar-refractivity contribution < 1.29 is 18.1 Å². The van der Waals surface area contributed by atoms with Crippen molar-refractivity contribution >= 4 is 15.7 Å². The molecule has 0 aliphatic carbocycles. The molecule has 4 rings (SSSR count). The summed E-state index contributed by atoms with van der Waals surface area (Å²) in [5, 5.41) is 22.9. The third kappa shape index (κ3) is 4.14. The van der Waals surface area contributed by atoms with Gasteiger partial charge in [-0.15, -0.1) is 10.2 Å². The van der Waals surface area contributed by atoms with E-state index in [9.17, 15) is 18.5 Å². The Morgan fingerprint density at radius 1 is 1.07 bits per heavy atom. The number of aromatic nitrogens is 4. The van der Waals surface area contributed by atoms with Crippen LogP contribution in [0.15, 0.2) is 59.8 Å². The number of sulfonamides is 1. The number of rotatable bonds is 6. The van der Waals surface area contributed by atoms with Gasteiger partial charge in [-0.25, -0.2) is 13.1 Å². The van der Waals surface area contributed by atoms with Gasteiger partial charge in [0.1, 0.15) is 6.10 Å². The molecule has 0 atom stereocenters. The molecule has 11 nitrogen and oxygen atoms in total. The third-order valence-corrected chi connectivity index (χ3v) is 6.65. The second-order valence-electron chi connectivity index (χ2n) is 6.65. The average Bonchev–Trinajstić information content (AvgIpc) is 3.30. The topological polar surface area (TPSA) is 133 Å². The van der Waals surface area contributed by atoms with Crippen molar-refractivity contribution in [1.29, 1.82) is 0 Å². The maximum Gasteiger partial charge on any atom is 0.269 e. The fourth-order valence-corrected chi connectivity index (χ4v) is 4.62. The molecule has 0 unspecified atom stereocenters. The minimum atomic E-state index is -3.71. The van der Waals surface area contributed by atoms with E-state index in [1.54, 1.807) is 35.3 Å². The molecule has 0 saturated carbocycles. The van der Waals surface area contributed by atoms with Crippen LogP contribution in [0.4, 0.5) is 5.69 Å². The highest BCUT2D eigenvalue weighted by Gasteiger charge is 2.30.